The first-order chi connectivity index (χ1) is 9.43. The van der Waals surface area contributed by atoms with Gasteiger partial charge >= 0.3 is 5.97 Å². The van der Waals surface area contributed by atoms with Gasteiger partial charge in [-0.1, -0.05) is 19.1 Å². The molecule has 2 rings (SSSR count). The first kappa shape index (κ1) is 14.7. The largest absolute Gasteiger partial charge is 0.476 e. The summed E-state index contributed by atoms with van der Waals surface area (Å²) in [7, 11) is 0. The molecule has 0 aliphatic rings. The quantitative estimate of drug-likeness (QED) is 0.908. The van der Waals surface area contributed by atoms with Crippen LogP contribution in [0.3, 0.4) is 0 Å². The van der Waals surface area contributed by atoms with Gasteiger partial charge in [0, 0.05) is 0 Å². The van der Waals surface area contributed by atoms with Crippen LogP contribution in [0.25, 0.3) is 10.4 Å². The van der Waals surface area contributed by atoms with E-state index in [2.05, 4.69) is 31.0 Å². The lowest BCUT2D eigenvalue weighted by atomic mass is 9.99. The summed E-state index contributed by atoms with van der Waals surface area (Å²) < 4.78 is 0. The van der Waals surface area contributed by atoms with Crippen molar-refractivity contribution in [2.45, 2.75) is 40.5 Å². The Balaban J connectivity index is 2.62. The maximum absolute atomic E-state index is 11.4. The van der Waals surface area contributed by atoms with E-state index in [0.29, 0.717) is 0 Å². The van der Waals surface area contributed by atoms with Gasteiger partial charge in [-0.25, -0.2) is 9.78 Å². The summed E-state index contributed by atoms with van der Waals surface area (Å²) in [4.78, 5) is 16.5. The third kappa shape index (κ3) is 2.75. The summed E-state index contributed by atoms with van der Waals surface area (Å²) in [6, 6.07) is 4.18. The standard InChI is InChI=1S/C16H19NO2S/c1-5-6-13-17-14(16(18)19)15(20-13)12-8-10(3)9(2)7-11(12)4/h7-8H,5-6H2,1-4H3,(H,18,19). The lowest BCUT2D eigenvalue weighted by Crippen LogP contribution is -2.00. The Kier molecular flexibility index (Phi) is 4.23. The van der Waals surface area contributed by atoms with Gasteiger partial charge in [-0.05, 0) is 55.9 Å². The minimum Gasteiger partial charge on any atom is -0.476 e. The van der Waals surface area contributed by atoms with E-state index < -0.39 is 5.97 Å². The highest BCUT2D eigenvalue weighted by molar-refractivity contribution is 7.15. The van der Waals surface area contributed by atoms with Gasteiger partial charge in [0.2, 0.25) is 0 Å². The summed E-state index contributed by atoms with van der Waals surface area (Å²) in [6.45, 7) is 8.21. The van der Waals surface area contributed by atoms with Crippen LogP contribution in [-0.4, -0.2) is 16.1 Å². The monoisotopic (exact) mass is 289 g/mol. The van der Waals surface area contributed by atoms with Gasteiger partial charge in [0.15, 0.2) is 5.69 Å². The third-order valence-corrected chi connectivity index (χ3v) is 4.57. The highest BCUT2D eigenvalue weighted by Gasteiger charge is 2.20. The molecule has 0 aliphatic carbocycles. The van der Waals surface area contributed by atoms with Crippen molar-refractivity contribution in [2.24, 2.45) is 0 Å². The lowest BCUT2D eigenvalue weighted by Gasteiger charge is -2.08. The molecule has 0 unspecified atom stereocenters. The molecule has 0 saturated carbocycles. The van der Waals surface area contributed by atoms with Crippen molar-refractivity contribution < 1.29 is 9.90 Å². The SMILES string of the molecule is CCCc1nc(C(=O)O)c(-c2cc(C)c(C)cc2C)s1. The number of aryl methyl sites for hydroxylation is 4. The van der Waals surface area contributed by atoms with E-state index >= 15 is 0 Å². The molecule has 1 aromatic heterocycles. The van der Waals surface area contributed by atoms with Crippen LogP contribution in [-0.2, 0) is 6.42 Å². The normalized spacial score (nSPS) is 10.8. The summed E-state index contributed by atoms with van der Waals surface area (Å²) in [5, 5.41) is 10.3. The molecule has 1 heterocycles. The summed E-state index contributed by atoms with van der Waals surface area (Å²) in [6.07, 6.45) is 1.80. The van der Waals surface area contributed by atoms with Crippen molar-refractivity contribution >= 4 is 17.3 Å². The molecule has 1 N–H and O–H groups in total. The zero-order chi connectivity index (χ0) is 14.9. The number of carboxylic acids is 1. The molecule has 0 spiro atoms. The summed E-state index contributed by atoms with van der Waals surface area (Å²) in [5.74, 6) is -0.948. The molecular formula is C16H19NO2S. The van der Waals surface area contributed by atoms with Crippen LogP contribution >= 0.6 is 11.3 Å². The number of benzene rings is 1. The van der Waals surface area contributed by atoms with Crippen LogP contribution in [0.15, 0.2) is 12.1 Å². The zero-order valence-corrected chi connectivity index (χ0v) is 13.1. The van der Waals surface area contributed by atoms with Crippen LogP contribution in [0.4, 0.5) is 0 Å². The number of nitrogens with zero attached hydrogens (tertiary/aromatic N) is 1. The van der Waals surface area contributed by atoms with Crippen molar-refractivity contribution in [1.29, 1.82) is 0 Å². The summed E-state index contributed by atoms with van der Waals surface area (Å²) >= 11 is 1.50. The molecule has 1 aromatic carbocycles. The Bertz CT molecular complexity index is 659. The van der Waals surface area contributed by atoms with Gasteiger partial charge in [0.25, 0.3) is 0 Å². The Morgan fingerprint density at radius 1 is 1.20 bits per heavy atom. The minimum absolute atomic E-state index is 0.185. The van der Waals surface area contributed by atoms with Crippen LogP contribution in [0.2, 0.25) is 0 Å². The van der Waals surface area contributed by atoms with E-state index in [4.69, 9.17) is 0 Å². The van der Waals surface area contributed by atoms with E-state index in [1.54, 1.807) is 0 Å². The van der Waals surface area contributed by atoms with Crippen molar-refractivity contribution in [3.8, 4) is 10.4 Å². The number of thiazole rings is 1. The first-order valence-electron chi connectivity index (χ1n) is 6.75. The molecular weight excluding hydrogens is 270 g/mol. The number of aromatic nitrogens is 1. The molecule has 0 radical (unpaired) electrons. The van der Waals surface area contributed by atoms with Gasteiger partial charge in [-0.15, -0.1) is 11.3 Å². The highest BCUT2D eigenvalue weighted by atomic mass is 32.1. The number of carbonyl (C=O) groups is 1. The molecule has 0 atom stereocenters. The van der Waals surface area contributed by atoms with Crippen molar-refractivity contribution in [1.82, 2.24) is 4.98 Å². The fourth-order valence-corrected chi connectivity index (χ4v) is 3.46. The smallest absolute Gasteiger partial charge is 0.356 e. The number of rotatable bonds is 4. The topological polar surface area (TPSA) is 50.2 Å². The fourth-order valence-electron chi connectivity index (χ4n) is 2.22. The van der Waals surface area contributed by atoms with Crippen molar-refractivity contribution in [3.63, 3.8) is 0 Å². The molecule has 0 bridgehead atoms. The van der Waals surface area contributed by atoms with E-state index in [1.807, 2.05) is 13.8 Å². The van der Waals surface area contributed by atoms with Crippen molar-refractivity contribution in [2.75, 3.05) is 0 Å². The molecule has 0 saturated heterocycles. The number of hydrogen-bond donors (Lipinski definition) is 1. The Hall–Kier alpha value is -1.68. The number of hydrogen-bond acceptors (Lipinski definition) is 3. The zero-order valence-electron chi connectivity index (χ0n) is 12.3. The van der Waals surface area contributed by atoms with E-state index in [1.165, 1.54) is 22.5 Å². The second-order valence-electron chi connectivity index (χ2n) is 5.09. The molecule has 2 aromatic rings. The van der Waals surface area contributed by atoms with Gasteiger partial charge in [-0.3, -0.25) is 0 Å². The number of aromatic carboxylic acids is 1. The predicted octanol–water partition coefficient (Wildman–Crippen LogP) is 4.39. The number of carboxylic acid groups (broad SMARTS) is 1. The Labute approximate surface area is 123 Å². The first-order valence-corrected chi connectivity index (χ1v) is 7.57. The fraction of sp³-hybridized carbons (Fsp3) is 0.375. The van der Waals surface area contributed by atoms with Gasteiger partial charge in [0.05, 0.1) is 9.88 Å². The maximum atomic E-state index is 11.4. The summed E-state index contributed by atoms with van der Waals surface area (Å²) in [5.41, 5.74) is 4.67. The van der Waals surface area contributed by atoms with Crippen LogP contribution in [0.5, 0.6) is 0 Å². The minimum atomic E-state index is -0.948. The molecule has 0 fully saturated rings. The van der Waals surface area contributed by atoms with Crippen LogP contribution in [0.1, 0.15) is 45.5 Å². The molecule has 4 heteroatoms. The van der Waals surface area contributed by atoms with E-state index in [-0.39, 0.29) is 5.69 Å². The Morgan fingerprint density at radius 2 is 1.85 bits per heavy atom. The lowest BCUT2D eigenvalue weighted by molar-refractivity contribution is 0.0692. The third-order valence-electron chi connectivity index (χ3n) is 3.42. The van der Waals surface area contributed by atoms with Crippen molar-refractivity contribution in [3.05, 3.63) is 39.5 Å². The predicted molar refractivity (Wildman–Crippen MR) is 82.7 cm³/mol. The van der Waals surface area contributed by atoms with Crippen LogP contribution < -0.4 is 0 Å². The average molecular weight is 289 g/mol. The highest BCUT2D eigenvalue weighted by Crippen LogP contribution is 2.34. The van der Waals surface area contributed by atoms with E-state index in [0.717, 1.165) is 33.9 Å². The average Bonchev–Trinajstić information content (AvgIpc) is 2.78. The van der Waals surface area contributed by atoms with Crippen LogP contribution in [0, 0.1) is 20.8 Å². The maximum Gasteiger partial charge on any atom is 0.356 e. The molecule has 0 amide bonds. The van der Waals surface area contributed by atoms with Gasteiger partial charge in [0.1, 0.15) is 0 Å². The Morgan fingerprint density at radius 3 is 2.45 bits per heavy atom. The molecule has 106 valence electrons. The second-order valence-corrected chi connectivity index (χ2v) is 6.18. The van der Waals surface area contributed by atoms with E-state index in [9.17, 15) is 9.90 Å². The van der Waals surface area contributed by atoms with Gasteiger partial charge in [-0.2, -0.15) is 0 Å². The molecule has 3 nitrogen and oxygen atoms in total. The molecule has 0 aliphatic heterocycles. The second kappa shape index (κ2) is 5.75. The molecule has 20 heavy (non-hydrogen) atoms. The van der Waals surface area contributed by atoms with Gasteiger partial charge < -0.3 is 5.11 Å².